The molecule has 0 bridgehead atoms. The van der Waals surface area contributed by atoms with Gasteiger partial charge < -0.3 is 21.1 Å². The van der Waals surface area contributed by atoms with E-state index in [2.05, 4.69) is 10.6 Å². The second kappa shape index (κ2) is 8.33. The van der Waals surface area contributed by atoms with Crippen LogP contribution in [0.5, 0.6) is 0 Å². The Labute approximate surface area is 141 Å². The van der Waals surface area contributed by atoms with Crippen molar-refractivity contribution in [3.63, 3.8) is 0 Å². The molecular weight excluding hydrogens is 310 g/mol. The first-order valence-corrected chi connectivity index (χ1v) is 7.71. The van der Waals surface area contributed by atoms with Gasteiger partial charge in [-0.05, 0) is 33.3 Å². The smallest absolute Gasteiger partial charge is 0.408 e. The Morgan fingerprint density at radius 1 is 1.12 bits per heavy atom. The minimum Gasteiger partial charge on any atom is -0.444 e. The number of hydrogen-bond donors (Lipinski definition) is 3. The zero-order chi connectivity index (χ0) is 18.3. The molecule has 132 valence electrons. The Morgan fingerprint density at radius 3 is 2.21 bits per heavy atom. The van der Waals surface area contributed by atoms with Crippen molar-refractivity contribution in [2.75, 3.05) is 0 Å². The Balaban J connectivity index is 2.61. The van der Waals surface area contributed by atoms with E-state index in [-0.39, 0.29) is 6.42 Å². The van der Waals surface area contributed by atoms with Crippen molar-refractivity contribution in [3.8, 4) is 0 Å². The fraction of sp³-hybridized carbons (Fsp3) is 0.471. The zero-order valence-electron chi connectivity index (χ0n) is 14.5. The molecule has 0 aliphatic heterocycles. The van der Waals surface area contributed by atoms with Crippen LogP contribution < -0.4 is 16.4 Å². The van der Waals surface area contributed by atoms with Crippen LogP contribution in [-0.4, -0.2) is 35.6 Å². The van der Waals surface area contributed by atoms with E-state index in [1.807, 2.05) is 30.3 Å². The summed E-state index contributed by atoms with van der Waals surface area (Å²) in [4.78, 5) is 35.4. The number of carbonyl (C=O) groups excluding carboxylic acids is 3. The Hall–Kier alpha value is -2.57. The number of carbonyl (C=O) groups is 3. The molecule has 24 heavy (non-hydrogen) atoms. The third kappa shape index (κ3) is 7.13. The van der Waals surface area contributed by atoms with E-state index in [0.717, 1.165) is 5.56 Å². The van der Waals surface area contributed by atoms with Gasteiger partial charge in [0.15, 0.2) is 0 Å². The predicted molar refractivity (Wildman–Crippen MR) is 90.1 cm³/mol. The number of benzene rings is 1. The Kier molecular flexibility index (Phi) is 6.76. The maximum absolute atomic E-state index is 12.2. The molecule has 2 unspecified atom stereocenters. The molecule has 0 aliphatic rings. The molecule has 4 N–H and O–H groups in total. The standard InChI is InChI=1S/C17H25N3O4/c1-11(19-16(23)24-17(2,3)4)15(22)20-13(14(18)21)10-12-8-6-5-7-9-12/h5-9,11,13H,10H2,1-4H3,(H2,18,21)(H,19,23)(H,20,22). The summed E-state index contributed by atoms with van der Waals surface area (Å²) in [6, 6.07) is 7.48. The van der Waals surface area contributed by atoms with Crippen molar-refractivity contribution in [1.29, 1.82) is 0 Å². The van der Waals surface area contributed by atoms with E-state index < -0.39 is 35.6 Å². The molecule has 0 saturated heterocycles. The van der Waals surface area contributed by atoms with Crippen molar-refractivity contribution >= 4 is 17.9 Å². The molecule has 1 aromatic rings. The fourth-order valence-corrected chi connectivity index (χ4v) is 1.92. The quantitative estimate of drug-likeness (QED) is 0.723. The summed E-state index contributed by atoms with van der Waals surface area (Å²) in [5.74, 6) is -1.16. The van der Waals surface area contributed by atoms with E-state index in [1.165, 1.54) is 6.92 Å². The number of amides is 3. The van der Waals surface area contributed by atoms with Gasteiger partial charge in [0.25, 0.3) is 0 Å². The SMILES string of the molecule is CC(NC(=O)OC(C)(C)C)C(=O)NC(Cc1ccccc1)C(N)=O. The summed E-state index contributed by atoms with van der Waals surface area (Å²) in [6.45, 7) is 6.67. The fourth-order valence-electron chi connectivity index (χ4n) is 1.92. The third-order valence-corrected chi connectivity index (χ3v) is 3.07. The highest BCUT2D eigenvalue weighted by atomic mass is 16.6. The third-order valence-electron chi connectivity index (χ3n) is 3.07. The molecule has 0 fully saturated rings. The molecule has 3 amide bonds. The van der Waals surface area contributed by atoms with E-state index in [1.54, 1.807) is 20.8 Å². The van der Waals surface area contributed by atoms with Crippen LogP contribution in [0.3, 0.4) is 0 Å². The predicted octanol–water partition coefficient (Wildman–Crippen LogP) is 1.11. The lowest BCUT2D eigenvalue weighted by Crippen LogP contribution is -2.53. The highest BCUT2D eigenvalue weighted by Gasteiger charge is 2.24. The molecule has 0 radical (unpaired) electrons. The average molecular weight is 335 g/mol. The number of ether oxygens (including phenoxy) is 1. The minimum absolute atomic E-state index is 0.279. The van der Waals surface area contributed by atoms with Gasteiger partial charge in [0, 0.05) is 6.42 Å². The average Bonchev–Trinajstić information content (AvgIpc) is 2.45. The summed E-state index contributed by atoms with van der Waals surface area (Å²) in [7, 11) is 0. The second-order valence-electron chi connectivity index (χ2n) is 6.52. The van der Waals surface area contributed by atoms with Gasteiger partial charge in [-0.2, -0.15) is 0 Å². The van der Waals surface area contributed by atoms with Crippen molar-refractivity contribution in [3.05, 3.63) is 35.9 Å². The molecule has 2 atom stereocenters. The second-order valence-corrected chi connectivity index (χ2v) is 6.52. The van der Waals surface area contributed by atoms with Gasteiger partial charge in [-0.25, -0.2) is 4.79 Å². The topological polar surface area (TPSA) is 111 Å². The van der Waals surface area contributed by atoms with Gasteiger partial charge >= 0.3 is 6.09 Å². The van der Waals surface area contributed by atoms with Crippen molar-refractivity contribution in [2.45, 2.75) is 51.8 Å². The van der Waals surface area contributed by atoms with Crippen LogP contribution in [0.1, 0.15) is 33.3 Å². The lowest BCUT2D eigenvalue weighted by molar-refractivity contribution is -0.128. The molecule has 0 aromatic heterocycles. The van der Waals surface area contributed by atoms with Crippen LogP contribution in [0, 0.1) is 0 Å². The van der Waals surface area contributed by atoms with Crippen molar-refractivity contribution in [1.82, 2.24) is 10.6 Å². The van der Waals surface area contributed by atoms with E-state index >= 15 is 0 Å². The molecular formula is C17H25N3O4. The maximum Gasteiger partial charge on any atom is 0.408 e. The first-order chi connectivity index (χ1) is 11.1. The summed E-state index contributed by atoms with van der Waals surface area (Å²) in [5.41, 5.74) is 5.56. The van der Waals surface area contributed by atoms with Crippen molar-refractivity contribution < 1.29 is 19.1 Å². The molecule has 7 nitrogen and oxygen atoms in total. The number of nitrogens with one attached hydrogen (secondary N) is 2. The molecule has 7 heteroatoms. The van der Waals surface area contributed by atoms with Gasteiger partial charge in [-0.3, -0.25) is 9.59 Å². The Bertz CT molecular complexity index is 581. The summed E-state index contributed by atoms with van der Waals surface area (Å²) in [5, 5.41) is 4.97. The maximum atomic E-state index is 12.2. The molecule has 0 spiro atoms. The van der Waals surface area contributed by atoms with Crippen LogP contribution in [0.15, 0.2) is 30.3 Å². The monoisotopic (exact) mass is 335 g/mol. The van der Waals surface area contributed by atoms with E-state index in [4.69, 9.17) is 10.5 Å². The van der Waals surface area contributed by atoms with Crippen LogP contribution in [-0.2, 0) is 20.7 Å². The van der Waals surface area contributed by atoms with Gasteiger partial charge in [0.05, 0.1) is 0 Å². The molecule has 0 heterocycles. The van der Waals surface area contributed by atoms with E-state index in [0.29, 0.717) is 0 Å². The van der Waals surface area contributed by atoms with Gasteiger partial charge in [-0.15, -0.1) is 0 Å². The van der Waals surface area contributed by atoms with Crippen LogP contribution >= 0.6 is 0 Å². The number of alkyl carbamates (subject to hydrolysis) is 1. The van der Waals surface area contributed by atoms with Crippen LogP contribution in [0.2, 0.25) is 0 Å². The zero-order valence-corrected chi connectivity index (χ0v) is 14.5. The summed E-state index contributed by atoms with van der Waals surface area (Å²) in [6.07, 6.45) is -0.426. The lowest BCUT2D eigenvalue weighted by Gasteiger charge is -2.23. The van der Waals surface area contributed by atoms with Crippen LogP contribution in [0.4, 0.5) is 4.79 Å². The number of hydrogen-bond acceptors (Lipinski definition) is 4. The molecule has 0 aliphatic carbocycles. The Morgan fingerprint density at radius 2 is 1.71 bits per heavy atom. The minimum atomic E-state index is -0.863. The first kappa shape index (κ1) is 19.5. The van der Waals surface area contributed by atoms with Gasteiger partial charge in [0.2, 0.25) is 11.8 Å². The lowest BCUT2D eigenvalue weighted by atomic mass is 10.1. The van der Waals surface area contributed by atoms with Crippen LogP contribution in [0.25, 0.3) is 0 Å². The molecule has 1 aromatic carbocycles. The largest absolute Gasteiger partial charge is 0.444 e. The highest BCUT2D eigenvalue weighted by molar-refractivity contribution is 5.90. The van der Waals surface area contributed by atoms with Crippen molar-refractivity contribution in [2.24, 2.45) is 5.73 Å². The molecule has 1 rings (SSSR count). The van der Waals surface area contributed by atoms with E-state index in [9.17, 15) is 14.4 Å². The highest BCUT2D eigenvalue weighted by Crippen LogP contribution is 2.07. The summed E-state index contributed by atoms with van der Waals surface area (Å²) < 4.78 is 5.08. The normalized spacial score (nSPS) is 13.5. The molecule has 0 saturated carbocycles. The summed E-state index contributed by atoms with van der Waals surface area (Å²) >= 11 is 0. The van der Waals surface area contributed by atoms with Gasteiger partial charge in [-0.1, -0.05) is 30.3 Å². The number of nitrogens with two attached hydrogens (primary N) is 1. The first-order valence-electron chi connectivity index (χ1n) is 7.71. The number of rotatable bonds is 6. The number of primary amides is 1. The van der Waals surface area contributed by atoms with Gasteiger partial charge in [0.1, 0.15) is 17.7 Å².